The molecule has 2 N–H and O–H groups in total. The number of fused-ring (bicyclic) bond motifs is 2. The number of thioether (sulfide) groups is 1. The van der Waals surface area contributed by atoms with Gasteiger partial charge in [-0.1, -0.05) is 30.0 Å². The summed E-state index contributed by atoms with van der Waals surface area (Å²) < 4.78 is 1.70. The van der Waals surface area contributed by atoms with Crippen molar-refractivity contribution in [1.29, 1.82) is 0 Å². The van der Waals surface area contributed by atoms with Crippen LogP contribution in [0.3, 0.4) is 0 Å². The van der Waals surface area contributed by atoms with E-state index >= 15 is 0 Å². The Kier molecular flexibility index (Phi) is 4.81. The Bertz CT molecular complexity index is 1120. The number of amides is 1. The number of rotatable bonds is 6. The Morgan fingerprint density at radius 2 is 2.11 bits per heavy atom. The van der Waals surface area contributed by atoms with Gasteiger partial charge in [0.05, 0.1) is 5.75 Å². The second-order valence-electron chi connectivity index (χ2n) is 6.39. The van der Waals surface area contributed by atoms with Crippen LogP contribution in [-0.4, -0.2) is 42.8 Å². The first-order chi connectivity index (χ1) is 13.1. The van der Waals surface area contributed by atoms with Gasteiger partial charge >= 0.3 is 0 Å². The standard InChI is InChI=1S/C19H20N6OS/c1-12-9-13(2)25-18(22-12)23-19(24-25)27-11-17(26)20-8-7-14-10-21-16-6-4-3-5-15(14)16/h3-6,9-10,21H,7-8,11H2,1-2H3,(H,20,26). The molecule has 8 heteroatoms. The van der Waals surface area contributed by atoms with E-state index < -0.39 is 0 Å². The number of aryl methyl sites for hydroxylation is 2. The van der Waals surface area contributed by atoms with Gasteiger partial charge in [-0.05, 0) is 38.0 Å². The highest BCUT2D eigenvalue weighted by atomic mass is 32.2. The third-order valence-corrected chi connectivity index (χ3v) is 5.16. The summed E-state index contributed by atoms with van der Waals surface area (Å²) in [4.78, 5) is 24.1. The zero-order valence-electron chi connectivity index (χ0n) is 15.2. The fourth-order valence-corrected chi connectivity index (χ4v) is 3.71. The number of aromatic amines is 1. The van der Waals surface area contributed by atoms with Crippen LogP contribution in [0.1, 0.15) is 17.0 Å². The lowest BCUT2D eigenvalue weighted by Crippen LogP contribution is -2.27. The van der Waals surface area contributed by atoms with E-state index in [2.05, 4.69) is 31.4 Å². The summed E-state index contributed by atoms with van der Waals surface area (Å²) in [6, 6.07) is 10.1. The van der Waals surface area contributed by atoms with Gasteiger partial charge in [0.15, 0.2) is 0 Å². The van der Waals surface area contributed by atoms with Crippen LogP contribution < -0.4 is 5.32 Å². The van der Waals surface area contributed by atoms with Crippen LogP contribution >= 0.6 is 11.8 Å². The van der Waals surface area contributed by atoms with Gasteiger partial charge in [-0.2, -0.15) is 4.98 Å². The molecule has 0 aliphatic rings. The van der Waals surface area contributed by atoms with Crippen molar-refractivity contribution < 1.29 is 4.79 Å². The molecule has 138 valence electrons. The number of nitrogens with zero attached hydrogens (tertiary/aromatic N) is 4. The number of carbonyl (C=O) groups is 1. The number of hydrogen-bond donors (Lipinski definition) is 2. The second kappa shape index (κ2) is 7.40. The number of carbonyl (C=O) groups excluding carboxylic acids is 1. The Balaban J connectivity index is 1.30. The highest BCUT2D eigenvalue weighted by Gasteiger charge is 2.11. The summed E-state index contributed by atoms with van der Waals surface area (Å²) in [6.07, 6.45) is 2.79. The van der Waals surface area contributed by atoms with Gasteiger partial charge in [0.2, 0.25) is 11.1 Å². The third kappa shape index (κ3) is 3.80. The van der Waals surface area contributed by atoms with E-state index in [0.717, 1.165) is 23.3 Å². The minimum atomic E-state index is -0.0282. The lowest BCUT2D eigenvalue weighted by molar-refractivity contribution is -0.118. The highest BCUT2D eigenvalue weighted by molar-refractivity contribution is 7.99. The average molecular weight is 380 g/mol. The monoisotopic (exact) mass is 380 g/mol. The van der Waals surface area contributed by atoms with Crippen LogP contribution in [0.5, 0.6) is 0 Å². The van der Waals surface area contributed by atoms with Gasteiger partial charge in [0.25, 0.3) is 5.78 Å². The molecule has 7 nitrogen and oxygen atoms in total. The van der Waals surface area contributed by atoms with E-state index in [9.17, 15) is 4.79 Å². The van der Waals surface area contributed by atoms with Crippen LogP contribution in [0.15, 0.2) is 41.7 Å². The van der Waals surface area contributed by atoms with Crippen molar-refractivity contribution in [3.8, 4) is 0 Å². The summed E-state index contributed by atoms with van der Waals surface area (Å²) in [5, 5.41) is 9.12. The molecule has 0 saturated carbocycles. The third-order valence-electron chi connectivity index (χ3n) is 4.32. The smallest absolute Gasteiger partial charge is 0.253 e. The Labute approximate surface area is 160 Å². The first-order valence-corrected chi connectivity index (χ1v) is 9.74. The normalized spacial score (nSPS) is 11.3. The maximum Gasteiger partial charge on any atom is 0.253 e. The molecule has 0 fully saturated rings. The molecule has 0 unspecified atom stereocenters. The first-order valence-electron chi connectivity index (χ1n) is 8.75. The van der Waals surface area contributed by atoms with E-state index in [4.69, 9.17) is 0 Å². The predicted molar refractivity (Wildman–Crippen MR) is 106 cm³/mol. The molecular formula is C19H20N6OS. The molecule has 0 atom stereocenters. The highest BCUT2D eigenvalue weighted by Crippen LogP contribution is 2.18. The molecule has 27 heavy (non-hydrogen) atoms. The molecule has 0 radical (unpaired) electrons. The Hall–Kier alpha value is -2.87. The summed E-state index contributed by atoms with van der Waals surface area (Å²) in [5.41, 5.74) is 4.20. The van der Waals surface area contributed by atoms with Gasteiger partial charge in [-0.3, -0.25) is 4.79 Å². The molecule has 1 aromatic carbocycles. The number of H-pyrrole nitrogens is 1. The van der Waals surface area contributed by atoms with Crippen molar-refractivity contribution in [2.75, 3.05) is 12.3 Å². The summed E-state index contributed by atoms with van der Waals surface area (Å²) in [7, 11) is 0. The molecule has 0 aliphatic heterocycles. The van der Waals surface area contributed by atoms with Crippen molar-refractivity contribution >= 4 is 34.3 Å². The molecule has 3 heterocycles. The lowest BCUT2D eigenvalue weighted by Gasteiger charge is -2.03. The maximum absolute atomic E-state index is 12.1. The van der Waals surface area contributed by atoms with Crippen LogP contribution in [0.25, 0.3) is 16.7 Å². The van der Waals surface area contributed by atoms with Crippen LogP contribution in [-0.2, 0) is 11.2 Å². The summed E-state index contributed by atoms with van der Waals surface area (Å²) >= 11 is 1.32. The minimum absolute atomic E-state index is 0.0282. The number of nitrogens with one attached hydrogen (secondary N) is 2. The SMILES string of the molecule is Cc1cc(C)n2nc(SCC(=O)NCCc3c[nH]c4ccccc34)nc2n1. The molecule has 0 bridgehead atoms. The Morgan fingerprint density at radius 1 is 1.26 bits per heavy atom. The topological polar surface area (TPSA) is 88.0 Å². The quantitative estimate of drug-likeness (QED) is 0.502. The maximum atomic E-state index is 12.1. The first kappa shape index (κ1) is 17.5. The zero-order chi connectivity index (χ0) is 18.8. The van der Waals surface area contributed by atoms with Crippen molar-refractivity contribution in [2.45, 2.75) is 25.4 Å². The van der Waals surface area contributed by atoms with E-state index in [1.54, 1.807) is 4.52 Å². The summed E-state index contributed by atoms with van der Waals surface area (Å²) in [6.45, 7) is 4.48. The van der Waals surface area contributed by atoms with Crippen molar-refractivity contribution in [3.05, 3.63) is 53.5 Å². The van der Waals surface area contributed by atoms with Crippen molar-refractivity contribution in [3.63, 3.8) is 0 Å². The second-order valence-corrected chi connectivity index (χ2v) is 7.34. The molecule has 1 amide bonds. The molecule has 0 spiro atoms. The van der Waals surface area contributed by atoms with Crippen LogP contribution in [0.2, 0.25) is 0 Å². The van der Waals surface area contributed by atoms with Gasteiger partial charge in [-0.15, -0.1) is 5.10 Å². The largest absolute Gasteiger partial charge is 0.361 e. The molecule has 3 aromatic heterocycles. The predicted octanol–water partition coefficient (Wildman–Crippen LogP) is 2.67. The van der Waals surface area contributed by atoms with Gasteiger partial charge in [0, 0.05) is 35.0 Å². The van der Waals surface area contributed by atoms with Crippen LogP contribution in [0.4, 0.5) is 0 Å². The van der Waals surface area contributed by atoms with Gasteiger partial charge < -0.3 is 10.3 Å². The number of para-hydroxylation sites is 1. The summed E-state index contributed by atoms with van der Waals surface area (Å²) in [5.74, 6) is 0.817. The fourth-order valence-electron chi connectivity index (χ4n) is 3.07. The van der Waals surface area contributed by atoms with E-state index in [-0.39, 0.29) is 11.7 Å². The number of hydrogen-bond acceptors (Lipinski definition) is 5. The van der Waals surface area contributed by atoms with E-state index in [1.165, 1.54) is 22.7 Å². The molecule has 0 saturated heterocycles. The van der Waals surface area contributed by atoms with E-state index in [0.29, 0.717) is 17.5 Å². The Morgan fingerprint density at radius 3 is 3.00 bits per heavy atom. The van der Waals surface area contributed by atoms with Gasteiger partial charge in [-0.25, -0.2) is 9.50 Å². The van der Waals surface area contributed by atoms with E-state index in [1.807, 2.05) is 44.3 Å². The van der Waals surface area contributed by atoms with Gasteiger partial charge in [0.1, 0.15) is 0 Å². The minimum Gasteiger partial charge on any atom is -0.361 e. The molecular weight excluding hydrogens is 360 g/mol. The van der Waals surface area contributed by atoms with Crippen molar-refractivity contribution in [2.24, 2.45) is 0 Å². The molecule has 4 rings (SSSR count). The molecule has 4 aromatic rings. The lowest BCUT2D eigenvalue weighted by atomic mass is 10.1. The number of benzene rings is 1. The fraction of sp³-hybridized carbons (Fsp3) is 0.263. The van der Waals surface area contributed by atoms with Crippen molar-refractivity contribution in [1.82, 2.24) is 29.9 Å². The molecule has 0 aliphatic carbocycles. The zero-order valence-corrected chi connectivity index (χ0v) is 16.0. The number of aromatic nitrogens is 5. The van der Waals surface area contributed by atoms with Crippen LogP contribution in [0, 0.1) is 13.8 Å². The average Bonchev–Trinajstić information content (AvgIpc) is 3.24.